The number of amides is 1. The second kappa shape index (κ2) is 5.59. The molecule has 14 heavy (non-hydrogen) atoms. The molecule has 0 atom stereocenters. The molecule has 0 saturated carbocycles. The number of carbonyl (C=O) groups is 2. The van der Waals surface area contributed by atoms with Crippen LogP contribution in [0, 0.1) is 5.41 Å². The molecule has 0 bridgehead atoms. The van der Waals surface area contributed by atoms with Crippen molar-refractivity contribution in [1.29, 1.82) is 0 Å². The van der Waals surface area contributed by atoms with Gasteiger partial charge in [0.1, 0.15) is 0 Å². The van der Waals surface area contributed by atoms with E-state index in [1.807, 2.05) is 0 Å². The Morgan fingerprint density at radius 3 is 2.43 bits per heavy atom. The van der Waals surface area contributed by atoms with Crippen molar-refractivity contribution in [3.63, 3.8) is 0 Å². The maximum absolute atomic E-state index is 11.2. The van der Waals surface area contributed by atoms with Crippen molar-refractivity contribution in [1.82, 2.24) is 5.32 Å². The molecule has 5 heteroatoms. The Labute approximate surface area is 84.0 Å². The zero-order chi connectivity index (χ0) is 11.2. The van der Waals surface area contributed by atoms with E-state index in [0.717, 1.165) is 0 Å². The molecule has 0 aliphatic rings. The molecule has 0 rings (SSSR count). The normalized spacial score (nSPS) is 10.9. The number of esters is 1. The van der Waals surface area contributed by atoms with Gasteiger partial charge in [0.2, 0.25) is 5.91 Å². The van der Waals surface area contributed by atoms with Crippen LogP contribution in [0.5, 0.6) is 0 Å². The summed E-state index contributed by atoms with van der Waals surface area (Å²) in [5.41, 5.74) is 4.51. The zero-order valence-electron chi connectivity index (χ0n) is 8.92. The van der Waals surface area contributed by atoms with Crippen LogP contribution in [0.25, 0.3) is 0 Å². The van der Waals surface area contributed by atoms with Gasteiger partial charge in [-0.25, -0.2) is 0 Å². The van der Waals surface area contributed by atoms with E-state index in [-0.39, 0.29) is 24.8 Å². The predicted octanol–water partition coefficient (Wildman–Crippen LogP) is -0.349. The Bertz CT molecular complexity index is 214. The first-order chi connectivity index (χ1) is 6.44. The average Bonchev–Trinajstić information content (AvgIpc) is 2.14. The van der Waals surface area contributed by atoms with Gasteiger partial charge in [-0.2, -0.15) is 0 Å². The van der Waals surface area contributed by atoms with Gasteiger partial charge in [0, 0.05) is 19.5 Å². The van der Waals surface area contributed by atoms with Gasteiger partial charge < -0.3 is 15.8 Å². The smallest absolute Gasteiger partial charge is 0.313 e. The van der Waals surface area contributed by atoms with Crippen molar-refractivity contribution in [2.75, 3.05) is 20.2 Å². The van der Waals surface area contributed by atoms with Gasteiger partial charge in [-0.15, -0.1) is 0 Å². The van der Waals surface area contributed by atoms with Crippen molar-refractivity contribution in [2.45, 2.75) is 20.3 Å². The molecule has 3 N–H and O–H groups in total. The van der Waals surface area contributed by atoms with Crippen molar-refractivity contribution in [3.05, 3.63) is 0 Å². The fraction of sp³-hybridized carbons (Fsp3) is 0.778. The minimum absolute atomic E-state index is 0.149. The molecule has 0 aromatic carbocycles. The van der Waals surface area contributed by atoms with E-state index in [4.69, 9.17) is 5.73 Å². The first kappa shape index (κ1) is 12.9. The number of nitrogens with one attached hydrogen (secondary N) is 1. The fourth-order valence-corrected chi connectivity index (χ4v) is 0.887. The molecule has 0 spiro atoms. The van der Waals surface area contributed by atoms with Gasteiger partial charge in [0.15, 0.2) is 0 Å². The number of carbonyl (C=O) groups excluding carboxylic acids is 2. The van der Waals surface area contributed by atoms with Crippen LogP contribution < -0.4 is 11.1 Å². The van der Waals surface area contributed by atoms with Gasteiger partial charge in [0.25, 0.3) is 0 Å². The molecular formula is C9H18N2O3. The van der Waals surface area contributed by atoms with Crippen LogP contribution in [-0.4, -0.2) is 32.1 Å². The third-order valence-corrected chi connectivity index (χ3v) is 1.84. The Balaban J connectivity index is 3.98. The lowest BCUT2D eigenvalue weighted by Gasteiger charge is -2.21. The number of nitrogens with two attached hydrogens (primary N) is 1. The number of methoxy groups -OCH3 is 1. The lowest BCUT2D eigenvalue weighted by atomic mass is 9.94. The molecular weight excluding hydrogens is 184 g/mol. The topological polar surface area (TPSA) is 81.4 Å². The minimum atomic E-state index is -0.695. The third-order valence-electron chi connectivity index (χ3n) is 1.84. The van der Waals surface area contributed by atoms with Crippen molar-refractivity contribution in [2.24, 2.45) is 11.1 Å². The molecule has 0 aliphatic carbocycles. The van der Waals surface area contributed by atoms with Crippen LogP contribution in [0.2, 0.25) is 0 Å². The molecule has 0 fully saturated rings. The van der Waals surface area contributed by atoms with Crippen LogP contribution in [-0.2, 0) is 14.3 Å². The number of hydrogen-bond donors (Lipinski definition) is 2. The van der Waals surface area contributed by atoms with E-state index in [1.165, 1.54) is 7.11 Å². The summed E-state index contributed by atoms with van der Waals surface area (Å²) in [7, 11) is 1.33. The molecule has 0 unspecified atom stereocenters. The van der Waals surface area contributed by atoms with Crippen LogP contribution >= 0.6 is 0 Å². The average molecular weight is 202 g/mol. The molecule has 0 aliphatic heterocycles. The minimum Gasteiger partial charge on any atom is -0.469 e. The number of hydrogen-bond acceptors (Lipinski definition) is 4. The highest BCUT2D eigenvalue weighted by molar-refractivity contribution is 5.79. The highest BCUT2D eigenvalue weighted by Gasteiger charge is 2.28. The van der Waals surface area contributed by atoms with Crippen LogP contribution in [0.3, 0.4) is 0 Å². The highest BCUT2D eigenvalue weighted by Crippen LogP contribution is 2.15. The Kier molecular flexibility index (Phi) is 5.15. The molecule has 5 nitrogen and oxygen atoms in total. The van der Waals surface area contributed by atoms with E-state index in [0.29, 0.717) is 6.54 Å². The van der Waals surface area contributed by atoms with E-state index in [2.05, 4.69) is 10.1 Å². The number of rotatable bonds is 5. The van der Waals surface area contributed by atoms with Crippen molar-refractivity contribution >= 4 is 11.9 Å². The van der Waals surface area contributed by atoms with Crippen molar-refractivity contribution in [3.8, 4) is 0 Å². The molecule has 1 amide bonds. The quantitative estimate of drug-likeness (QED) is 0.597. The maximum Gasteiger partial charge on any atom is 0.313 e. The standard InChI is InChI=1S/C9H18N2O3/c1-9(2,8(13)14-3)6-11-7(12)4-5-10/h4-6,10H2,1-3H3,(H,11,12). The van der Waals surface area contributed by atoms with Crippen LogP contribution in [0.4, 0.5) is 0 Å². The first-order valence-electron chi connectivity index (χ1n) is 4.49. The van der Waals surface area contributed by atoms with Gasteiger partial charge in [-0.1, -0.05) is 0 Å². The summed E-state index contributed by atoms with van der Waals surface area (Å²) in [6, 6.07) is 0. The first-order valence-corrected chi connectivity index (χ1v) is 4.49. The lowest BCUT2D eigenvalue weighted by molar-refractivity contribution is -0.150. The summed E-state index contributed by atoms with van der Waals surface area (Å²) in [5, 5.41) is 2.62. The third kappa shape index (κ3) is 4.23. The highest BCUT2D eigenvalue weighted by atomic mass is 16.5. The largest absolute Gasteiger partial charge is 0.469 e. The molecule has 82 valence electrons. The summed E-state index contributed by atoms with van der Waals surface area (Å²) in [5.74, 6) is -0.491. The predicted molar refractivity (Wildman–Crippen MR) is 52.5 cm³/mol. The molecule has 0 aromatic rings. The monoisotopic (exact) mass is 202 g/mol. The maximum atomic E-state index is 11.2. The van der Waals surface area contributed by atoms with Crippen molar-refractivity contribution < 1.29 is 14.3 Å². The Morgan fingerprint density at radius 1 is 1.43 bits per heavy atom. The summed E-state index contributed by atoms with van der Waals surface area (Å²) in [6.07, 6.45) is 0.275. The van der Waals surface area contributed by atoms with E-state index in [1.54, 1.807) is 13.8 Å². The lowest BCUT2D eigenvalue weighted by Crippen LogP contribution is -2.40. The number of ether oxygens (including phenoxy) is 1. The SMILES string of the molecule is COC(=O)C(C)(C)CNC(=O)CCN. The summed E-state index contributed by atoms with van der Waals surface area (Å²) in [4.78, 5) is 22.3. The summed E-state index contributed by atoms with van der Waals surface area (Å²) >= 11 is 0. The van der Waals surface area contributed by atoms with Crippen LogP contribution in [0.1, 0.15) is 20.3 Å². The Morgan fingerprint density at radius 2 is 2.00 bits per heavy atom. The van der Waals surface area contributed by atoms with Gasteiger partial charge in [-0.05, 0) is 13.8 Å². The van der Waals surface area contributed by atoms with Gasteiger partial charge >= 0.3 is 5.97 Å². The van der Waals surface area contributed by atoms with Gasteiger partial charge in [0.05, 0.1) is 12.5 Å². The molecule has 0 heterocycles. The molecule has 0 aromatic heterocycles. The second-order valence-corrected chi connectivity index (χ2v) is 3.69. The second-order valence-electron chi connectivity index (χ2n) is 3.69. The fourth-order valence-electron chi connectivity index (χ4n) is 0.887. The van der Waals surface area contributed by atoms with E-state index < -0.39 is 5.41 Å². The summed E-state index contributed by atoms with van der Waals surface area (Å²) < 4.78 is 4.59. The molecule has 0 saturated heterocycles. The molecule has 0 radical (unpaired) electrons. The zero-order valence-corrected chi connectivity index (χ0v) is 8.92. The van der Waals surface area contributed by atoms with E-state index >= 15 is 0 Å². The van der Waals surface area contributed by atoms with Gasteiger partial charge in [-0.3, -0.25) is 9.59 Å². The summed E-state index contributed by atoms with van der Waals surface area (Å²) in [6.45, 7) is 3.99. The Hall–Kier alpha value is -1.10. The van der Waals surface area contributed by atoms with Crippen LogP contribution in [0.15, 0.2) is 0 Å². The van der Waals surface area contributed by atoms with E-state index in [9.17, 15) is 9.59 Å².